The number of rotatable bonds is 2. The van der Waals surface area contributed by atoms with E-state index in [4.69, 9.17) is 5.73 Å². The second kappa shape index (κ2) is 4.10. The van der Waals surface area contributed by atoms with Crippen LogP contribution in [0.25, 0.3) is 0 Å². The van der Waals surface area contributed by atoms with Crippen molar-refractivity contribution in [3.8, 4) is 0 Å². The molecular weight excluding hydrogens is 173 g/mol. The highest BCUT2D eigenvalue weighted by Gasteiger charge is 2.22. The van der Waals surface area contributed by atoms with Crippen LogP contribution >= 0.6 is 0 Å². The molecule has 0 bridgehead atoms. The summed E-state index contributed by atoms with van der Waals surface area (Å²) in [5.74, 6) is -0.769. The molecule has 0 fully saturated rings. The molecule has 0 aromatic rings. The molecule has 0 aliphatic carbocycles. The van der Waals surface area contributed by atoms with Crippen molar-refractivity contribution in [1.82, 2.24) is 4.90 Å². The minimum absolute atomic E-state index is 0.110. The lowest BCUT2D eigenvalue weighted by atomic mass is 10.4. The molecule has 3 nitrogen and oxygen atoms in total. The van der Waals surface area contributed by atoms with E-state index in [1.807, 2.05) is 0 Å². The zero-order chi connectivity index (χ0) is 9.78. The van der Waals surface area contributed by atoms with Gasteiger partial charge in [0, 0.05) is 19.2 Å². The molecule has 70 valence electrons. The minimum atomic E-state index is -4.45. The molecule has 0 spiro atoms. The van der Waals surface area contributed by atoms with E-state index in [-0.39, 0.29) is 12.7 Å². The van der Waals surface area contributed by atoms with Crippen molar-refractivity contribution in [1.29, 1.82) is 0 Å². The highest BCUT2D eigenvalue weighted by atomic mass is 19.4. The van der Waals surface area contributed by atoms with Crippen molar-refractivity contribution < 1.29 is 18.0 Å². The summed E-state index contributed by atoms with van der Waals surface area (Å²) in [6, 6.07) is 0. The lowest BCUT2D eigenvalue weighted by molar-refractivity contribution is -0.125. The van der Waals surface area contributed by atoms with Crippen LogP contribution in [0.5, 0.6) is 0 Å². The Kier molecular flexibility index (Phi) is 3.75. The van der Waals surface area contributed by atoms with E-state index in [9.17, 15) is 18.0 Å². The number of allylic oxidation sites excluding steroid dienone is 1. The minimum Gasteiger partial charge on any atom is -0.330 e. The van der Waals surface area contributed by atoms with Crippen molar-refractivity contribution in [2.24, 2.45) is 5.73 Å². The summed E-state index contributed by atoms with van der Waals surface area (Å²) in [7, 11) is 1.31. The van der Waals surface area contributed by atoms with Gasteiger partial charge in [0.1, 0.15) is 0 Å². The Morgan fingerprint density at radius 2 is 2.08 bits per heavy atom. The fourth-order valence-corrected chi connectivity index (χ4v) is 0.383. The van der Waals surface area contributed by atoms with Crippen molar-refractivity contribution in [2.45, 2.75) is 6.18 Å². The van der Waals surface area contributed by atoms with Gasteiger partial charge in [0.2, 0.25) is 5.91 Å². The summed E-state index contributed by atoms with van der Waals surface area (Å²) in [6.07, 6.45) is -4.14. The Morgan fingerprint density at radius 3 is 2.42 bits per heavy atom. The summed E-state index contributed by atoms with van der Waals surface area (Å²) >= 11 is 0. The summed E-state index contributed by atoms with van der Waals surface area (Å²) in [6.45, 7) is -0.110. The maximum atomic E-state index is 11.5. The Bertz CT molecular complexity index is 188. The number of hydrogen-bond donors (Lipinski definition) is 1. The van der Waals surface area contributed by atoms with Gasteiger partial charge in [-0.05, 0) is 0 Å². The van der Waals surface area contributed by atoms with Gasteiger partial charge < -0.3 is 10.6 Å². The number of nitrogens with two attached hydrogens (primary N) is 1. The average Bonchev–Trinajstić information content (AvgIpc) is 1.97. The molecule has 0 rings (SSSR count). The normalized spacial score (nSPS) is 12.1. The predicted molar refractivity (Wildman–Crippen MR) is 37.0 cm³/mol. The van der Waals surface area contributed by atoms with Gasteiger partial charge in [-0.15, -0.1) is 0 Å². The van der Waals surface area contributed by atoms with Gasteiger partial charge >= 0.3 is 6.18 Å². The maximum absolute atomic E-state index is 11.5. The lowest BCUT2D eigenvalue weighted by Crippen LogP contribution is -2.30. The molecule has 0 aliphatic heterocycles. The molecule has 0 heterocycles. The Labute approximate surface area is 67.6 Å². The maximum Gasteiger partial charge on any atom is 0.409 e. The van der Waals surface area contributed by atoms with E-state index in [1.165, 1.54) is 7.05 Å². The molecule has 0 saturated heterocycles. The van der Waals surface area contributed by atoms with E-state index >= 15 is 0 Å². The zero-order valence-corrected chi connectivity index (χ0v) is 6.43. The predicted octanol–water partition coefficient (Wildman–Crippen LogP) is 0.480. The number of carbonyl (C=O) groups excluding carboxylic acids is 1. The fourth-order valence-electron chi connectivity index (χ4n) is 0.383. The van der Waals surface area contributed by atoms with Gasteiger partial charge in [0.05, 0.1) is 6.67 Å². The Morgan fingerprint density at radius 1 is 1.58 bits per heavy atom. The Balaban J connectivity index is 4.09. The van der Waals surface area contributed by atoms with Crippen molar-refractivity contribution in [3.63, 3.8) is 0 Å². The molecule has 0 aliphatic rings. The zero-order valence-electron chi connectivity index (χ0n) is 6.43. The third-order valence-electron chi connectivity index (χ3n) is 1.06. The lowest BCUT2D eigenvalue weighted by Gasteiger charge is -2.10. The van der Waals surface area contributed by atoms with Gasteiger partial charge in [0.25, 0.3) is 0 Å². The first-order chi connectivity index (χ1) is 5.37. The SMILES string of the molecule is CN(CN)C(=O)/C=C/C(F)(F)F. The topological polar surface area (TPSA) is 46.3 Å². The number of hydrogen-bond acceptors (Lipinski definition) is 2. The third-order valence-corrected chi connectivity index (χ3v) is 1.06. The van der Waals surface area contributed by atoms with Crippen molar-refractivity contribution in [3.05, 3.63) is 12.2 Å². The van der Waals surface area contributed by atoms with Crippen LogP contribution in [0, 0.1) is 0 Å². The molecule has 0 radical (unpaired) electrons. The second-order valence-corrected chi connectivity index (χ2v) is 2.09. The van der Waals surface area contributed by atoms with Gasteiger partial charge in [-0.2, -0.15) is 13.2 Å². The summed E-state index contributed by atoms with van der Waals surface area (Å²) in [5.41, 5.74) is 5.00. The van der Waals surface area contributed by atoms with Crippen LogP contribution in [0.1, 0.15) is 0 Å². The summed E-state index contributed by atoms with van der Waals surface area (Å²) in [5, 5.41) is 0. The standard InChI is InChI=1S/C6H9F3N2O/c1-11(4-10)5(12)2-3-6(7,8)9/h2-3H,4,10H2,1H3/b3-2+. The second-order valence-electron chi connectivity index (χ2n) is 2.09. The summed E-state index contributed by atoms with van der Waals surface area (Å²) in [4.78, 5) is 11.6. The number of carbonyl (C=O) groups is 1. The number of amides is 1. The van der Waals surface area contributed by atoms with Gasteiger partial charge in [-0.1, -0.05) is 0 Å². The first kappa shape index (κ1) is 11.0. The van der Waals surface area contributed by atoms with E-state index in [1.54, 1.807) is 0 Å². The third kappa shape index (κ3) is 4.73. The average molecular weight is 182 g/mol. The first-order valence-electron chi connectivity index (χ1n) is 3.08. The van der Waals surface area contributed by atoms with Crippen LogP contribution in [-0.2, 0) is 4.79 Å². The van der Waals surface area contributed by atoms with Gasteiger partial charge in [-0.3, -0.25) is 4.79 Å². The smallest absolute Gasteiger partial charge is 0.330 e. The molecule has 0 saturated carbocycles. The quantitative estimate of drug-likeness (QED) is 0.498. The highest BCUT2D eigenvalue weighted by molar-refractivity contribution is 5.87. The number of halogens is 3. The van der Waals surface area contributed by atoms with Gasteiger partial charge in [0.15, 0.2) is 0 Å². The molecule has 1 amide bonds. The molecule has 0 atom stereocenters. The highest BCUT2D eigenvalue weighted by Crippen LogP contribution is 2.15. The summed E-state index contributed by atoms with van der Waals surface area (Å²) < 4.78 is 34.5. The molecular formula is C6H9F3N2O. The molecule has 0 aromatic carbocycles. The van der Waals surface area contributed by atoms with Crippen LogP contribution in [-0.4, -0.2) is 30.7 Å². The van der Waals surface area contributed by atoms with Crippen LogP contribution < -0.4 is 5.73 Å². The van der Waals surface area contributed by atoms with Crippen LogP contribution in [0.2, 0.25) is 0 Å². The van der Waals surface area contributed by atoms with Crippen molar-refractivity contribution >= 4 is 5.91 Å². The number of likely N-dealkylation sites (N-methyl/N-ethyl adjacent to an activating group) is 1. The van der Waals surface area contributed by atoms with E-state index in [0.717, 1.165) is 4.90 Å². The van der Waals surface area contributed by atoms with Crippen LogP contribution in [0.4, 0.5) is 13.2 Å². The number of nitrogens with zero attached hydrogens (tertiary/aromatic N) is 1. The van der Waals surface area contributed by atoms with E-state index in [2.05, 4.69) is 0 Å². The largest absolute Gasteiger partial charge is 0.409 e. The van der Waals surface area contributed by atoms with Crippen molar-refractivity contribution in [2.75, 3.05) is 13.7 Å². The first-order valence-corrected chi connectivity index (χ1v) is 3.08. The molecule has 0 unspecified atom stereocenters. The van der Waals surface area contributed by atoms with Crippen LogP contribution in [0.15, 0.2) is 12.2 Å². The molecule has 6 heteroatoms. The number of alkyl halides is 3. The fraction of sp³-hybridized carbons (Fsp3) is 0.500. The van der Waals surface area contributed by atoms with E-state index < -0.39 is 12.1 Å². The molecule has 12 heavy (non-hydrogen) atoms. The van der Waals surface area contributed by atoms with Crippen LogP contribution in [0.3, 0.4) is 0 Å². The molecule has 2 N–H and O–H groups in total. The molecule has 0 aromatic heterocycles. The Hall–Kier alpha value is -1.04. The van der Waals surface area contributed by atoms with E-state index in [0.29, 0.717) is 6.08 Å². The monoisotopic (exact) mass is 182 g/mol. The van der Waals surface area contributed by atoms with Gasteiger partial charge in [-0.25, -0.2) is 0 Å².